The number of para-hydroxylation sites is 1. The average molecular weight is 394 g/mol. The van der Waals surface area contributed by atoms with E-state index in [1.807, 2.05) is 66.9 Å². The minimum Gasteiger partial charge on any atom is -0.496 e. The highest BCUT2D eigenvalue weighted by atomic mass is 32.2. The highest BCUT2D eigenvalue weighted by Gasteiger charge is 2.22. The van der Waals surface area contributed by atoms with Gasteiger partial charge in [0.15, 0.2) is 16.8 Å². The van der Waals surface area contributed by atoms with Gasteiger partial charge in [-0.3, -0.25) is 9.36 Å². The number of rotatable bonds is 8. The number of carbonyl (C=O) groups is 1. The van der Waals surface area contributed by atoms with Crippen LogP contribution in [0.25, 0.3) is 11.4 Å². The summed E-state index contributed by atoms with van der Waals surface area (Å²) in [6.07, 6.45) is 1.79. The standard InChI is InChI=1S/C22H23N3O2S/c1-5-14-25-21(18-8-6-7-9-19(18)27-4)23-24-22(25)28-16(3)20(26)17-12-10-15(2)11-13-17/h5-13,16H,1,14H2,2-4H3. The van der Waals surface area contributed by atoms with Crippen molar-refractivity contribution < 1.29 is 9.53 Å². The molecule has 1 heterocycles. The first-order chi connectivity index (χ1) is 13.5. The number of hydrogen-bond acceptors (Lipinski definition) is 5. The molecule has 0 bridgehead atoms. The number of methoxy groups -OCH3 is 1. The van der Waals surface area contributed by atoms with Crippen LogP contribution in [0.3, 0.4) is 0 Å². The van der Waals surface area contributed by atoms with Gasteiger partial charge in [0.05, 0.1) is 17.9 Å². The Balaban J connectivity index is 1.90. The summed E-state index contributed by atoms with van der Waals surface area (Å²) in [5, 5.41) is 9.08. The van der Waals surface area contributed by atoms with Crippen LogP contribution in [0, 0.1) is 6.92 Å². The van der Waals surface area contributed by atoms with Crippen LogP contribution >= 0.6 is 11.8 Å². The first-order valence-electron chi connectivity index (χ1n) is 9.00. The summed E-state index contributed by atoms with van der Waals surface area (Å²) in [6, 6.07) is 15.3. The number of allylic oxidation sites excluding steroid dienone is 1. The van der Waals surface area contributed by atoms with Gasteiger partial charge < -0.3 is 4.74 Å². The third-order valence-corrected chi connectivity index (χ3v) is 5.44. The quantitative estimate of drug-likeness (QED) is 0.312. The molecule has 0 amide bonds. The molecule has 3 rings (SSSR count). The molecule has 0 radical (unpaired) electrons. The lowest BCUT2D eigenvalue weighted by atomic mass is 10.1. The molecule has 0 aliphatic rings. The van der Waals surface area contributed by atoms with Crippen LogP contribution in [0.5, 0.6) is 5.75 Å². The lowest BCUT2D eigenvalue weighted by Crippen LogP contribution is -2.15. The van der Waals surface area contributed by atoms with Crippen molar-refractivity contribution in [2.75, 3.05) is 7.11 Å². The van der Waals surface area contributed by atoms with Gasteiger partial charge in [-0.15, -0.1) is 16.8 Å². The van der Waals surface area contributed by atoms with Gasteiger partial charge in [0.1, 0.15) is 5.75 Å². The van der Waals surface area contributed by atoms with Crippen LogP contribution in [0.4, 0.5) is 0 Å². The van der Waals surface area contributed by atoms with Crippen LogP contribution in [0.15, 0.2) is 66.3 Å². The Morgan fingerprint density at radius 3 is 2.61 bits per heavy atom. The van der Waals surface area contributed by atoms with Crippen molar-refractivity contribution >= 4 is 17.5 Å². The van der Waals surface area contributed by atoms with Crippen LogP contribution < -0.4 is 4.74 Å². The minimum absolute atomic E-state index is 0.0667. The number of aromatic nitrogens is 3. The normalized spacial score (nSPS) is 11.8. The van der Waals surface area contributed by atoms with Crippen LogP contribution in [0.2, 0.25) is 0 Å². The molecule has 144 valence electrons. The Labute approximate surface area is 169 Å². The van der Waals surface area contributed by atoms with E-state index in [2.05, 4.69) is 16.8 Å². The molecule has 6 heteroatoms. The summed E-state index contributed by atoms with van der Waals surface area (Å²) in [4.78, 5) is 12.8. The second kappa shape index (κ2) is 8.89. The predicted octanol–water partition coefficient (Wildman–Crippen LogP) is 4.81. The SMILES string of the molecule is C=CCn1c(SC(C)C(=O)c2ccc(C)cc2)nnc1-c1ccccc1OC. The second-order valence-electron chi connectivity index (χ2n) is 6.40. The van der Waals surface area contributed by atoms with Crippen molar-refractivity contribution in [1.82, 2.24) is 14.8 Å². The highest BCUT2D eigenvalue weighted by Crippen LogP contribution is 2.32. The number of ether oxygens (including phenoxy) is 1. The Kier molecular flexibility index (Phi) is 6.31. The zero-order valence-corrected chi connectivity index (χ0v) is 17.1. The molecular weight excluding hydrogens is 370 g/mol. The van der Waals surface area contributed by atoms with Crippen molar-refractivity contribution in [1.29, 1.82) is 0 Å². The maximum absolute atomic E-state index is 12.8. The largest absolute Gasteiger partial charge is 0.496 e. The molecule has 1 unspecified atom stereocenters. The third-order valence-electron chi connectivity index (χ3n) is 4.36. The zero-order valence-electron chi connectivity index (χ0n) is 16.3. The summed E-state index contributed by atoms with van der Waals surface area (Å²) < 4.78 is 7.41. The molecule has 28 heavy (non-hydrogen) atoms. The number of nitrogens with zero attached hydrogens (tertiary/aromatic N) is 3. The second-order valence-corrected chi connectivity index (χ2v) is 7.70. The topological polar surface area (TPSA) is 57.0 Å². The molecule has 0 saturated carbocycles. The highest BCUT2D eigenvalue weighted by molar-refractivity contribution is 8.00. The molecule has 3 aromatic rings. The molecule has 5 nitrogen and oxygen atoms in total. The summed E-state index contributed by atoms with van der Waals surface area (Å²) in [7, 11) is 1.63. The van der Waals surface area contributed by atoms with Crippen LogP contribution in [-0.4, -0.2) is 32.9 Å². The van der Waals surface area contributed by atoms with Crippen molar-refractivity contribution in [3.63, 3.8) is 0 Å². The summed E-state index contributed by atoms with van der Waals surface area (Å²) in [6.45, 7) is 8.27. The molecule has 1 aromatic heterocycles. The first kappa shape index (κ1) is 19.9. The van der Waals surface area contributed by atoms with E-state index >= 15 is 0 Å². The number of aryl methyl sites for hydroxylation is 1. The summed E-state index contributed by atoms with van der Waals surface area (Å²) in [5.41, 5.74) is 2.68. The molecule has 0 spiro atoms. The fourth-order valence-electron chi connectivity index (χ4n) is 2.86. The fraction of sp³-hybridized carbons (Fsp3) is 0.227. The molecule has 0 saturated heterocycles. The predicted molar refractivity (Wildman–Crippen MR) is 113 cm³/mol. The first-order valence-corrected chi connectivity index (χ1v) is 9.88. The molecular formula is C22H23N3O2S. The van der Waals surface area contributed by atoms with Crippen molar-refractivity contribution in [2.24, 2.45) is 0 Å². The third kappa shape index (κ3) is 4.17. The van der Waals surface area contributed by atoms with E-state index in [4.69, 9.17) is 4.74 Å². The minimum atomic E-state index is -0.291. The van der Waals surface area contributed by atoms with Crippen molar-refractivity contribution in [3.8, 4) is 17.1 Å². The Morgan fingerprint density at radius 2 is 1.93 bits per heavy atom. The number of ketones is 1. The Bertz CT molecular complexity index is 980. The molecule has 0 fully saturated rings. The van der Waals surface area contributed by atoms with Gasteiger partial charge in [-0.05, 0) is 26.0 Å². The van der Waals surface area contributed by atoms with Gasteiger partial charge in [-0.25, -0.2) is 0 Å². The van der Waals surface area contributed by atoms with Crippen molar-refractivity contribution in [2.45, 2.75) is 30.8 Å². The summed E-state index contributed by atoms with van der Waals surface area (Å²) in [5.74, 6) is 1.48. The molecule has 1 atom stereocenters. The van der Waals surface area contributed by atoms with Gasteiger partial charge in [-0.2, -0.15) is 0 Å². The molecule has 0 aliphatic heterocycles. The van der Waals surface area contributed by atoms with Gasteiger partial charge in [0, 0.05) is 12.1 Å². The monoisotopic (exact) mass is 393 g/mol. The van der Waals surface area contributed by atoms with Gasteiger partial charge in [-0.1, -0.05) is 59.8 Å². The number of Topliss-reactive ketones (excluding diaryl/α,β-unsaturated/α-hetero) is 1. The molecule has 0 aliphatic carbocycles. The van der Waals surface area contributed by atoms with E-state index in [9.17, 15) is 4.79 Å². The zero-order chi connectivity index (χ0) is 20.1. The smallest absolute Gasteiger partial charge is 0.192 e. The maximum Gasteiger partial charge on any atom is 0.192 e. The van der Waals surface area contributed by atoms with E-state index in [1.165, 1.54) is 11.8 Å². The maximum atomic E-state index is 12.8. The number of benzene rings is 2. The van der Waals surface area contributed by atoms with Crippen LogP contribution in [0.1, 0.15) is 22.8 Å². The Hall–Kier alpha value is -2.86. The Morgan fingerprint density at radius 1 is 1.21 bits per heavy atom. The van der Waals surface area contributed by atoms with E-state index in [0.717, 1.165) is 16.9 Å². The van der Waals surface area contributed by atoms with Crippen LogP contribution in [-0.2, 0) is 6.54 Å². The van der Waals surface area contributed by atoms with E-state index in [1.54, 1.807) is 13.2 Å². The molecule has 2 aromatic carbocycles. The van der Waals surface area contributed by atoms with E-state index in [-0.39, 0.29) is 11.0 Å². The molecule has 0 N–H and O–H groups in total. The number of thioether (sulfide) groups is 1. The van der Waals surface area contributed by atoms with Gasteiger partial charge >= 0.3 is 0 Å². The lowest BCUT2D eigenvalue weighted by molar-refractivity contribution is 0.0994. The number of hydrogen-bond donors (Lipinski definition) is 0. The van der Waals surface area contributed by atoms with E-state index < -0.39 is 0 Å². The summed E-state index contributed by atoms with van der Waals surface area (Å²) >= 11 is 1.40. The fourth-order valence-corrected chi connectivity index (χ4v) is 3.80. The number of carbonyl (C=O) groups excluding carboxylic acids is 1. The lowest BCUT2D eigenvalue weighted by Gasteiger charge is -2.13. The van der Waals surface area contributed by atoms with E-state index in [0.29, 0.717) is 23.1 Å². The van der Waals surface area contributed by atoms with Gasteiger partial charge in [0.2, 0.25) is 0 Å². The van der Waals surface area contributed by atoms with Gasteiger partial charge in [0.25, 0.3) is 0 Å². The average Bonchev–Trinajstić information content (AvgIpc) is 3.10. The van der Waals surface area contributed by atoms with Crippen molar-refractivity contribution in [3.05, 3.63) is 72.3 Å².